The molecule has 2 aliphatic carbocycles. The Hall–Kier alpha value is 0.150. The van der Waals surface area contributed by atoms with Gasteiger partial charge < -0.3 is 9.05 Å². The summed E-state index contributed by atoms with van der Waals surface area (Å²) in [5, 5.41) is 0. The molecule has 0 spiro atoms. The molecule has 0 aromatic rings. The highest BCUT2D eigenvalue weighted by atomic mass is 31.2. The molecular weight excluding hydrogens is 175 g/mol. The van der Waals surface area contributed by atoms with E-state index >= 15 is 0 Å². The van der Waals surface area contributed by atoms with E-state index in [4.69, 9.17) is 9.05 Å². The van der Waals surface area contributed by atoms with Gasteiger partial charge in [-0.3, -0.25) is 4.57 Å². The molecular formula is C8H15O3P. The standard InChI is InChI=1S/C8H15O3P/c1-2-12(9,10-7-3-4-7)11-8-5-6-8/h7-8H,2-6H2,1H3. The average molecular weight is 190 g/mol. The van der Waals surface area contributed by atoms with E-state index in [-0.39, 0.29) is 12.2 Å². The minimum Gasteiger partial charge on any atom is -0.305 e. The quantitative estimate of drug-likeness (QED) is 0.625. The highest BCUT2D eigenvalue weighted by molar-refractivity contribution is 7.53. The summed E-state index contributed by atoms with van der Waals surface area (Å²) in [7, 11) is -2.69. The first-order valence-corrected chi connectivity index (χ1v) is 6.40. The van der Waals surface area contributed by atoms with Gasteiger partial charge in [0.25, 0.3) is 0 Å². The summed E-state index contributed by atoms with van der Waals surface area (Å²) in [4.78, 5) is 0. The summed E-state index contributed by atoms with van der Waals surface area (Å²) in [6, 6.07) is 0. The molecule has 0 bridgehead atoms. The molecule has 2 rings (SSSR count). The minimum atomic E-state index is -2.69. The Morgan fingerprint density at radius 1 is 1.17 bits per heavy atom. The van der Waals surface area contributed by atoms with E-state index in [1.54, 1.807) is 0 Å². The van der Waals surface area contributed by atoms with Crippen molar-refractivity contribution in [1.29, 1.82) is 0 Å². The lowest BCUT2D eigenvalue weighted by Crippen LogP contribution is -2.00. The molecule has 0 heterocycles. The predicted molar refractivity (Wildman–Crippen MR) is 46.4 cm³/mol. The van der Waals surface area contributed by atoms with E-state index in [9.17, 15) is 4.57 Å². The smallest absolute Gasteiger partial charge is 0.305 e. The molecule has 2 fully saturated rings. The van der Waals surface area contributed by atoms with E-state index in [0.29, 0.717) is 6.16 Å². The normalized spacial score (nSPS) is 24.4. The SMILES string of the molecule is CCP(=O)(OC1CC1)OC1CC1. The molecule has 0 aromatic carbocycles. The molecule has 0 saturated heterocycles. The summed E-state index contributed by atoms with van der Waals surface area (Å²) in [6.07, 6.45) is 5.19. The van der Waals surface area contributed by atoms with Crippen LogP contribution in [0.15, 0.2) is 0 Å². The lowest BCUT2D eigenvalue weighted by atomic mass is 10.9. The van der Waals surface area contributed by atoms with E-state index in [1.165, 1.54) is 0 Å². The maximum atomic E-state index is 11.8. The highest BCUT2D eigenvalue weighted by Gasteiger charge is 2.37. The molecule has 0 atom stereocenters. The maximum absolute atomic E-state index is 11.8. The second-order valence-corrected chi connectivity index (χ2v) is 5.81. The van der Waals surface area contributed by atoms with Crippen molar-refractivity contribution in [2.45, 2.75) is 44.8 Å². The second-order valence-electron chi connectivity index (χ2n) is 3.54. The molecule has 0 N–H and O–H groups in total. The first-order valence-electron chi connectivity index (χ1n) is 4.68. The van der Waals surface area contributed by atoms with Crippen molar-refractivity contribution in [2.24, 2.45) is 0 Å². The fraction of sp³-hybridized carbons (Fsp3) is 1.00. The van der Waals surface area contributed by atoms with Crippen LogP contribution in [0, 0.1) is 0 Å². The van der Waals surface area contributed by atoms with Crippen molar-refractivity contribution in [2.75, 3.05) is 6.16 Å². The fourth-order valence-electron chi connectivity index (χ4n) is 0.975. The summed E-state index contributed by atoms with van der Waals surface area (Å²) in [5.74, 6) is 0. The Balaban J connectivity index is 1.86. The molecule has 0 aliphatic heterocycles. The van der Waals surface area contributed by atoms with Gasteiger partial charge in [0.2, 0.25) is 0 Å². The predicted octanol–water partition coefficient (Wildman–Crippen LogP) is 2.56. The Labute approximate surface area is 73.0 Å². The lowest BCUT2D eigenvalue weighted by Gasteiger charge is -2.15. The Morgan fingerprint density at radius 3 is 1.83 bits per heavy atom. The largest absolute Gasteiger partial charge is 0.330 e. The zero-order valence-electron chi connectivity index (χ0n) is 7.36. The molecule has 4 heteroatoms. The van der Waals surface area contributed by atoms with Gasteiger partial charge in [0.15, 0.2) is 0 Å². The number of hydrogen-bond donors (Lipinski definition) is 0. The van der Waals surface area contributed by atoms with Gasteiger partial charge in [0, 0.05) is 6.16 Å². The summed E-state index contributed by atoms with van der Waals surface area (Å²) < 4.78 is 22.6. The topological polar surface area (TPSA) is 35.5 Å². The van der Waals surface area contributed by atoms with E-state index in [0.717, 1.165) is 25.7 Å². The van der Waals surface area contributed by atoms with E-state index in [2.05, 4.69) is 0 Å². The number of hydrogen-bond acceptors (Lipinski definition) is 3. The fourth-order valence-corrected chi connectivity index (χ4v) is 2.65. The summed E-state index contributed by atoms with van der Waals surface area (Å²) >= 11 is 0. The summed E-state index contributed by atoms with van der Waals surface area (Å²) in [6.45, 7) is 1.87. The molecule has 0 unspecified atom stereocenters. The molecule has 0 aromatic heterocycles. The Kier molecular flexibility index (Phi) is 2.28. The van der Waals surface area contributed by atoms with Crippen LogP contribution in [0.2, 0.25) is 0 Å². The van der Waals surface area contributed by atoms with Gasteiger partial charge in [0.05, 0.1) is 12.2 Å². The third-order valence-electron chi connectivity index (χ3n) is 2.06. The van der Waals surface area contributed by atoms with Gasteiger partial charge in [-0.1, -0.05) is 6.92 Å². The van der Waals surface area contributed by atoms with Crippen molar-refractivity contribution in [3.05, 3.63) is 0 Å². The van der Waals surface area contributed by atoms with Crippen molar-refractivity contribution in [1.82, 2.24) is 0 Å². The van der Waals surface area contributed by atoms with Gasteiger partial charge in [-0.15, -0.1) is 0 Å². The third-order valence-corrected chi connectivity index (χ3v) is 4.07. The summed E-state index contributed by atoms with van der Waals surface area (Å²) in [5.41, 5.74) is 0. The molecule has 2 aliphatic rings. The van der Waals surface area contributed by atoms with Crippen LogP contribution in [0.5, 0.6) is 0 Å². The zero-order valence-corrected chi connectivity index (χ0v) is 8.26. The zero-order chi connectivity index (χ0) is 8.60. The van der Waals surface area contributed by atoms with Crippen LogP contribution in [0.25, 0.3) is 0 Å². The Bertz CT molecular complexity index is 190. The van der Waals surface area contributed by atoms with Gasteiger partial charge in [-0.05, 0) is 25.7 Å². The van der Waals surface area contributed by atoms with Crippen molar-refractivity contribution < 1.29 is 13.6 Å². The van der Waals surface area contributed by atoms with Crippen LogP contribution < -0.4 is 0 Å². The highest BCUT2D eigenvalue weighted by Crippen LogP contribution is 2.56. The average Bonchev–Trinajstić information content (AvgIpc) is 2.85. The first kappa shape index (κ1) is 8.74. The lowest BCUT2D eigenvalue weighted by molar-refractivity contribution is 0.190. The van der Waals surface area contributed by atoms with E-state index < -0.39 is 7.60 Å². The van der Waals surface area contributed by atoms with Crippen LogP contribution in [0.4, 0.5) is 0 Å². The van der Waals surface area contributed by atoms with Gasteiger partial charge >= 0.3 is 7.60 Å². The monoisotopic (exact) mass is 190 g/mol. The third kappa shape index (κ3) is 2.32. The molecule has 3 nitrogen and oxygen atoms in total. The molecule has 0 radical (unpaired) electrons. The first-order chi connectivity index (χ1) is 5.72. The van der Waals surface area contributed by atoms with Crippen molar-refractivity contribution in [3.63, 3.8) is 0 Å². The van der Waals surface area contributed by atoms with Gasteiger partial charge in [-0.25, -0.2) is 0 Å². The van der Waals surface area contributed by atoms with Gasteiger partial charge in [-0.2, -0.15) is 0 Å². The second kappa shape index (κ2) is 3.13. The van der Waals surface area contributed by atoms with Crippen molar-refractivity contribution >= 4 is 7.60 Å². The molecule has 12 heavy (non-hydrogen) atoms. The van der Waals surface area contributed by atoms with Crippen LogP contribution in [0.1, 0.15) is 32.6 Å². The van der Waals surface area contributed by atoms with Crippen LogP contribution in [0.3, 0.4) is 0 Å². The van der Waals surface area contributed by atoms with Crippen LogP contribution >= 0.6 is 7.60 Å². The molecule has 2 saturated carbocycles. The van der Waals surface area contributed by atoms with E-state index in [1.807, 2.05) is 6.92 Å². The number of rotatable bonds is 5. The molecule has 0 amide bonds. The molecule has 70 valence electrons. The van der Waals surface area contributed by atoms with Gasteiger partial charge in [0.1, 0.15) is 0 Å². The van der Waals surface area contributed by atoms with Crippen LogP contribution in [-0.2, 0) is 13.6 Å². The van der Waals surface area contributed by atoms with Crippen LogP contribution in [-0.4, -0.2) is 18.4 Å². The maximum Gasteiger partial charge on any atom is 0.330 e. The van der Waals surface area contributed by atoms with Crippen molar-refractivity contribution in [3.8, 4) is 0 Å². The minimum absolute atomic E-state index is 0.231. The Morgan fingerprint density at radius 2 is 1.58 bits per heavy atom.